The van der Waals surface area contributed by atoms with Gasteiger partial charge in [-0.25, -0.2) is 4.99 Å². The summed E-state index contributed by atoms with van der Waals surface area (Å²) < 4.78 is 10.8. The molecule has 8 heteroatoms. The number of hydrogen-bond acceptors (Lipinski definition) is 5. The molecule has 0 spiro atoms. The number of nitrogens with one attached hydrogen (secondary N) is 1. The van der Waals surface area contributed by atoms with Crippen molar-refractivity contribution < 1.29 is 19.1 Å². The highest BCUT2D eigenvalue weighted by Gasteiger charge is 2.38. The highest BCUT2D eigenvalue weighted by atomic mass is 32.1. The molecule has 1 aromatic carbocycles. The van der Waals surface area contributed by atoms with Gasteiger partial charge in [-0.1, -0.05) is 45.2 Å². The van der Waals surface area contributed by atoms with Crippen LogP contribution in [0.4, 0.5) is 0 Å². The molecule has 4 rings (SSSR count). The van der Waals surface area contributed by atoms with E-state index in [-0.39, 0.29) is 23.7 Å². The third-order valence-corrected chi connectivity index (χ3v) is 6.54. The first-order chi connectivity index (χ1) is 16.0. The third-order valence-electron chi connectivity index (χ3n) is 6.23. The Balaban J connectivity index is 1.38. The summed E-state index contributed by atoms with van der Waals surface area (Å²) >= 11 is 5.39. The monoisotopic (exact) mass is 467 g/mol. The fourth-order valence-corrected chi connectivity index (χ4v) is 4.37. The van der Waals surface area contributed by atoms with Crippen LogP contribution in [0.1, 0.15) is 55.5 Å². The van der Waals surface area contributed by atoms with Gasteiger partial charge in [-0.3, -0.25) is 14.5 Å². The number of thiocarbonyl (C=S) groups is 1. The topological polar surface area (TPSA) is 80.2 Å². The van der Waals surface area contributed by atoms with Crippen LogP contribution in [0.3, 0.4) is 0 Å². The Morgan fingerprint density at radius 3 is 2.73 bits per heavy atom. The number of hydrogen-bond donors (Lipinski definition) is 1. The van der Waals surface area contributed by atoms with E-state index >= 15 is 0 Å². The second kappa shape index (κ2) is 10.3. The van der Waals surface area contributed by atoms with Gasteiger partial charge >= 0.3 is 0 Å². The molecule has 7 nitrogen and oxygen atoms in total. The van der Waals surface area contributed by atoms with Gasteiger partial charge in [-0.15, -0.1) is 0 Å². The number of nitrogens with zero attached hydrogens (tertiary/aromatic N) is 2. The molecule has 1 aromatic rings. The largest absolute Gasteiger partial charge is 0.454 e. The van der Waals surface area contributed by atoms with Crippen molar-refractivity contribution in [1.29, 1.82) is 0 Å². The number of benzene rings is 1. The van der Waals surface area contributed by atoms with Crippen molar-refractivity contribution in [2.45, 2.75) is 46.1 Å². The molecule has 1 aliphatic carbocycles. The molecule has 1 fully saturated rings. The van der Waals surface area contributed by atoms with E-state index in [0.717, 1.165) is 18.4 Å². The van der Waals surface area contributed by atoms with Gasteiger partial charge < -0.3 is 14.8 Å². The molecular weight excluding hydrogens is 438 g/mol. The van der Waals surface area contributed by atoms with E-state index in [1.807, 2.05) is 12.1 Å². The van der Waals surface area contributed by atoms with E-state index in [4.69, 9.17) is 21.7 Å². The van der Waals surface area contributed by atoms with E-state index in [1.165, 1.54) is 17.7 Å². The molecule has 33 heavy (non-hydrogen) atoms. The quantitative estimate of drug-likeness (QED) is 0.553. The lowest BCUT2D eigenvalue weighted by atomic mass is 9.93. The van der Waals surface area contributed by atoms with Gasteiger partial charge in [0.15, 0.2) is 11.5 Å². The van der Waals surface area contributed by atoms with Crippen LogP contribution in [0, 0.1) is 11.8 Å². The minimum absolute atomic E-state index is 0.0782. The highest BCUT2D eigenvalue weighted by Crippen LogP contribution is 2.31. The van der Waals surface area contributed by atoms with Crippen LogP contribution in [0.2, 0.25) is 0 Å². The summed E-state index contributed by atoms with van der Waals surface area (Å²) in [6.45, 7) is 5.46. The Labute approximate surface area is 199 Å². The average molecular weight is 468 g/mol. The van der Waals surface area contributed by atoms with Gasteiger partial charge in [-0.2, -0.15) is 0 Å². The Morgan fingerprint density at radius 2 is 2.00 bits per heavy atom. The molecule has 0 bridgehead atoms. The zero-order chi connectivity index (χ0) is 23.4. The Kier molecular flexibility index (Phi) is 7.23. The summed E-state index contributed by atoms with van der Waals surface area (Å²) in [4.78, 5) is 31.6. The van der Waals surface area contributed by atoms with Crippen molar-refractivity contribution in [2.75, 3.05) is 13.3 Å². The van der Waals surface area contributed by atoms with Crippen molar-refractivity contribution in [3.8, 4) is 0 Å². The van der Waals surface area contributed by atoms with Crippen LogP contribution < -0.4 is 5.32 Å². The first kappa shape index (κ1) is 23.2. The summed E-state index contributed by atoms with van der Waals surface area (Å²) in [5, 5.41) is 3.27. The standard InChI is InChI=1S/C25H29N3O4S/c1-3-5-6-16(4-2)13-26-23(29)18-9-7-17(8-10-18)14-28-24(30)19-11-21-22(32-15-31-21)12-20(19)27-25(28)33/h7-12,16,19H,3-6,13-15H2,1-2H3,(H,26,29). The number of unbranched alkanes of at least 4 members (excludes halogenated alkanes) is 1. The number of amides is 2. The second-order valence-electron chi connectivity index (χ2n) is 8.49. The predicted octanol–water partition coefficient (Wildman–Crippen LogP) is 4.10. The van der Waals surface area contributed by atoms with E-state index in [0.29, 0.717) is 41.8 Å². The van der Waals surface area contributed by atoms with Gasteiger partial charge in [0, 0.05) is 18.2 Å². The Bertz CT molecular complexity index is 1030. The SMILES string of the molecule is CCCCC(CC)CNC(=O)c1ccc(CN2C(=O)C3C=C4OCOC4=CC3=NC2=S)cc1. The molecule has 3 aliphatic rings. The number of fused-ring (bicyclic) bond motifs is 2. The molecule has 2 aliphatic heterocycles. The fraction of sp³-hybridized carbons (Fsp3) is 0.440. The summed E-state index contributed by atoms with van der Waals surface area (Å²) in [7, 11) is 0. The van der Waals surface area contributed by atoms with Crippen LogP contribution in [0.25, 0.3) is 0 Å². The number of carbonyl (C=O) groups excluding carboxylic acids is 2. The van der Waals surface area contributed by atoms with Crippen molar-refractivity contribution in [2.24, 2.45) is 16.8 Å². The normalized spacial score (nSPS) is 20.0. The van der Waals surface area contributed by atoms with Gasteiger partial charge in [-0.05, 0) is 48.3 Å². The second-order valence-corrected chi connectivity index (χ2v) is 8.86. The third kappa shape index (κ3) is 5.16. The average Bonchev–Trinajstić information content (AvgIpc) is 3.28. The van der Waals surface area contributed by atoms with E-state index in [1.54, 1.807) is 24.3 Å². The van der Waals surface area contributed by atoms with Gasteiger partial charge in [0.25, 0.3) is 5.91 Å². The molecule has 0 aromatic heterocycles. The maximum atomic E-state index is 13.1. The molecule has 2 heterocycles. The van der Waals surface area contributed by atoms with Crippen molar-refractivity contribution in [3.05, 3.63) is 59.1 Å². The highest BCUT2D eigenvalue weighted by molar-refractivity contribution is 7.80. The molecule has 0 radical (unpaired) electrons. The smallest absolute Gasteiger partial charge is 0.251 e. The minimum Gasteiger partial charge on any atom is -0.454 e. The van der Waals surface area contributed by atoms with Crippen LogP contribution in [-0.2, 0) is 20.8 Å². The number of allylic oxidation sites excluding steroid dienone is 1. The lowest BCUT2D eigenvalue weighted by Gasteiger charge is -2.30. The molecule has 0 saturated carbocycles. The van der Waals surface area contributed by atoms with E-state index < -0.39 is 5.92 Å². The van der Waals surface area contributed by atoms with Crippen LogP contribution in [0.15, 0.2) is 52.9 Å². The first-order valence-electron chi connectivity index (χ1n) is 11.5. The molecule has 2 atom stereocenters. The molecular formula is C25H29N3O4S. The lowest BCUT2D eigenvalue weighted by Crippen LogP contribution is -2.45. The first-order valence-corrected chi connectivity index (χ1v) is 11.9. The molecule has 1 N–H and O–H groups in total. The van der Waals surface area contributed by atoms with E-state index in [9.17, 15) is 9.59 Å². The van der Waals surface area contributed by atoms with Crippen LogP contribution in [-0.4, -0.2) is 40.9 Å². The van der Waals surface area contributed by atoms with Crippen LogP contribution >= 0.6 is 12.2 Å². The summed E-state index contributed by atoms with van der Waals surface area (Å²) in [5.74, 6) is 0.885. The van der Waals surface area contributed by atoms with Crippen molar-refractivity contribution in [1.82, 2.24) is 10.2 Å². The maximum Gasteiger partial charge on any atom is 0.251 e. The van der Waals surface area contributed by atoms with Crippen molar-refractivity contribution in [3.63, 3.8) is 0 Å². The zero-order valence-corrected chi connectivity index (χ0v) is 19.8. The number of rotatable bonds is 9. The van der Waals surface area contributed by atoms with Gasteiger partial charge in [0.05, 0.1) is 12.3 Å². The van der Waals surface area contributed by atoms with Gasteiger partial charge in [0.1, 0.15) is 5.92 Å². The summed E-state index contributed by atoms with van der Waals surface area (Å²) in [6.07, 6.45) is 7.99. The maximum absolute atomic E-state index is 13.1. The number of ether oxygens (including phenoxy) is 2. The Morgan fingerprint density at radius 1 is 1.24 bits per heavy atom. The molecule has 2 amide bonds. The molecule has 174 valence electrons. The fourth-order valence-electron chi connectivity index (χ4n) is 4.11. The van der Waals surface area contributed by atoms with Crippen LogP contribution in [0.5, 0.6) is 0 Å². The molecule has 2 unspecified atom stereocenters. The van der Waals surface area contributed by atoms with E-state index in [2.05, 4.69) is 24.2 Å². The predicted molar refractivity (Wildman–Crippen MR) is 129 cm³/mol. The number of carbonyl (C=O) groups is 2. The minimum atomic E-state index is -0.540. The summed E-state index contributed by atoms with van der Waals surface area (Å²) in [5.41, 5.74) is 2.04. The summed E-state index contributed by atoms with van der Waals surface area (Å²) in [6, 6.07) is 7.27. The Hall–Kier alpha value is -3.00. The lowest BCUT2D eigenvalue weighted by molar-refractivity contribution is -0.129. The van der Waals surface area contributed by atoms with Gasteiger partial charge in [0.2, 0.25) is 17.8 Å². The number of aliphatic imine (C=N–C) groups is 1. The van der Waals surface area contributed by atoms with Crippen molar-refractivity contribution >= 4 is 34.9 Å². The zero-order valence-electron chi connectivity index (χ0n) is 19.0. The molecule has 1 saturated heterocycles.